The number of hydrogen-bond donors (Lipinski definition) is 0. The standard InChI is InChI=1S/C24H29NO5/c1-4-29-24(27)14-16-25(18-21-9-6-5-7-10-21)15-8-11-20-12-13-22(30-19(2)26)23(17-20)28-3/h5-13,17H,4,14-16,18H2,1-3H3/b11-8+. The van der Waals surface area contributed by atoms with Gasteiger partial charge in [0.25, 0.3) is 0 Å². The van der Waals surface area contributed by atoms with Gasteiger partial charge in [0.05, 0.1) is 20.1 Å². The topological polar surface area (TPSA) is 65.1 Å². The molecule has 0 aliphatic rings. The second kappa shape index (κ2) is 12.4. The Morgan fingerprint density at radius 3 is 2.50 bits per heavy atom. The summed E-state index contributed by atoms with van der Waals surface area (Å²) in [6, 6.07) is 15.5. The van der Waals surface area contributed by atoms with Crippen molar-refractivity contribution in [3.05, 3.63) is 65.7 Å². The van der Waals surface area contributed by atoms with E-state index in [1.165, 1.54) is 19.6 Å². The Balaban J connectivity index is 2.04. The zero-order chi connectivity index (χ0) is 21.8. The molecule has 0 aromatic heterocycles. The highest BCUT2D eigenvalue weighted by molar-refractivity contribution is 5.71. The summed E-state index contributed by atoms with van der Waals surface area (Å²) in [5.41, 5.74) is 2.11. The fourth-order valence-corrected chi connectivity index (χ4v) is 2.92. The molecule has 0 bridgehead atoms. The van der Waals surface area contributed by atoms with E-state index in [0.717, 1.165) is 12.1 Å². The van der Waals surface area contributed by atoms with Crippen LogP contribution in [0.2, 0.25) is 0 Å². The third kappa shape index (κ3) is 8.09. The minimum absolute atomic E-state index is 0.190. The van der Waals surface area contributed by atoms with Crippen molar-refractivity contribution in [3.63, 3.8) is 0 Å². The number of carbonyl (C=O) groups excluding carboxylic acids is 2. The van der Waals surface area contributed by atoms with Crippen molar-refractivity contribution in [1.82, 2.24) is 4.90 Å². The second-order valence-electron chi connectivity index (χ2n) is 6.68. The maximum Gasteiger partial charge on any atom is 0.308 e. The lowest BCUT2D eigenvalue weighted by atomic mass is 10.1. The average molecular weight is 411 g/mol. The fraction of sp³-hybridized carbons (Fsp3) is 0.333. The van der Waals surface area contributed by atoms with Crippen LogP contribution in [0.5, 0.6) is 11.5 Å². The minimum atomic E-state index is -0.394. The van der Waals surface area contributed by atoms with Gasteiger partial charge in [0.15, 0.2) is 11.5 Å². The maximum absolute atomic E-state index is 11.8. The van der Waals surface area contributed by atoms with Gasteiger partial charge in [-0.25, -0.2) is 0 Å². The number of carbonyl (C=O) groups is 2. The summed E-state index contributed by atoms with van der Waals surface area (Å²) < 4.78 is 15.5. The van der Waals surface area contributed by atoms with E-state index < -0.39 is 5.97 Å². The van der Waals surface area contributed by atoms with Crippen LogP contribution in [-0.2, 0) is 20.9 Å². The lowest BCUT2D eigenvalue weighted by molar-refractivity contribution is -0.143. The van der Waals surface area contributed by atoms with Gasteiger partial charge in [-0.15, -0.1) is 0 Å². The van der Waals surface area contributed by atoms with Crippen molar-refractivity contribution in [2.45, 2.75) is 26.8 Å². The average Bonchev–Trinajstić information content (AvgIpc) is 2.73. The summed E-state index contributed by atoms with van der Waals surface area (Å²) in [6.07, 6.45) is 4.36. The summed E-state index contributed by atoms with van der Waals surface area (Å²) in [6.45, 7) is 5.56. The molecule has 0 saturated heterocycles. The van der Waals surface area contributed by atoms with E-state index in [-0.39, 0.29) is 5.97 Å². The predicted octanol–water partition coefficient (Wildman–Crippen LogP) is 4.09. The largest absolute Gasteiger partial charge is 0.493 e. The van der Waals surface area contributed by atoms with E-state index in [9.17, 15) is 9.59 Å². The molecule has 160 valence electrons. The normalized spacial score (nSPS) is 10.9. The van der Waals surface area contributed by atoms with E-state index in [1.807, 2.05) is 49.4 Å². The number of rotatable bonds is 11. The monoisotopic (exact) mass is 411 g/mol. The highest BCUT2D eigenvalue weighted by Crippen LogP contribution is 2.28. The van der Waals surface area contributed by atoms with Crippen molar-refractivity contribution in [2.75, 3.05) is 26.8 Å². The molecule has 2 rings (SSSR count). The van der Waals surface area contributed by atoms with Gasteiger partial charge in [-0.1, -0.05) is 48.6 Å². The van der Waals surface area contributed by atoms with Crippen LogP contribution in [0.1, 0.15) is 31.4 Å². The Kier molecular flexibility index (Phi) is 9.61. The lowest BCUT2D eigenvalue weighted by Crippen LogP contribution is -2.26. The van der Waals surface area contributed by atoms with Gasteiger partial charge in [0, 0.05) is 26.6 Å². The molecule has 6 heteroatoms. The number of esters is 2. The van der Waals surface area contributed by atoms with E-state index in [4.69, 9.17) is 14.2 Å². The van der Waals surface area contributed by atoms with Crippen LogP contribution in [-0.4, -0.2) is 43.6 Å². The molecule has 6 nitrogen and oxygen atoms in total. The summed E-state index contributed by atoms with van der Waals surface area (Å²) in [7, 11) is 1.53. The smallest absolute Gasteiger partial charge is 0.308 e. The van der Waals surface area contributed by atoms with E-state index in [0.29, 0.717) is 37.6 Å². The summed E-state index contributed by atoms with van der Waals surface area (Å²) in [4.78, 5) is 25.1. The number of benzene rings is 2. The van der Waals surface area contributed by atoms with Crippen LogP contribution in [0.15, 0.2) is 54.6 Å². The number of hydrogen-bond acceptors (Lipinski definition) is 6. The summed E-state index contributed by atoms with van der Waals surface area (Å²) in [5, 5.41) is 0. The molecule has 2 aromatic rings. The SMILES string of the molecule is CCOC(=O)CCN(C/C=C/c1ccc(OC(C)=O)c(OC)c1)Cc1ccccc1. The third-order valence-electron chi connectivity index (χ3n) is 4.30. The molecule has 0 unspecified atom stereocenters. The molecule has 0 N–H and O–H groups in total. The van der Waals surface area contributed by atoms with E-state index in [1.54, 1.807) is 6.07 Å². The van der Waals surface area contributed by atoms with Crippen molar-refractivity contribution < 1.29 is 23.8 Å². The van der Waals surface area contributed by atoms with E-state index in [2.05, 4.69) is 17.0 Å². The van der Waals surface area contributed by atoms with Crippen LogP contribution in [0, 0.1) is 0 Å². The van der Waals surface area contributed by atoms with Crippen LogP contribution in [0.4, 0.5) is 0 Å². The predicted molar refractivity (Wildman–Crippen MR) is 116 cm³/mol. The number of ether oxygens (including phenoxy) is 3. The first-order valence-electron chi connectivity index (χ1n) is 9.96. The molecule has 0 radical (unpaired) electrons. The summed E-state index contributed by atoms with van der Waals surface area (Å²) in [5.74, 6) is 0.304. The quantitative estimate of drug-likeness (QED) is 0.410. The first-order valence-corrected chi connectivity index (χ1v) is 9.96. The van der Waals surface area contributed by atoms with Crippen LogP contribution < -0.4 is 9.47 Å². The van der Waals surface area contributed by atoms with Gasteiger partial charge in [0.2, 0.25) is 0 Å². The van der Waals surface area contributed by atoms with Crippen LogP contribution in [0.25, 0.3) is 6.08 Å². The molecule has 0 amide bonds. The first-order chi connectivity index (χ1) is 14.5. The van der Waals surface area contributed by atoms with Gasteiger partial charge in [-0.05, 0) is 30.2 Å². The molecule has 2 aromatic carbocycles. The highest BCUT2D eigenvalue weighted by Gasteiger charge is 2.10. The van der Waals surface area contributed by atoms with Crippen molar-refractivity contribution in [1.29, 1.82) is 0 Å². The van der Waals surface area contributed by atoms with Gasteiger partial charge >= 0.3 is 11.9 Å². The molecule has 0 aliphatic carbocycles. The zero-order valence-corrected chi connectivity index (χ0v) is 17.8. The Morgan fingerprint density at radius 2 is 1.83 bits per heavy atom. The van der Waals surface area contributed by atoms with Gasteiger partial charge in [0.1, 0.15) is 0 Å². The molecule has 0 saturated carbocycles. The molecule has 0 aliphatic heterocycles. The molecular weight excluding hydrogens is 382 g/mol. The highest BCUT2D eigenvalue weighted by atomic mass is 16.6. The Bertz CT molecular complexity index is 848. The van der Waals surface area contributed by atoms with Gasteiger partial charge < -0.3 is 14.2 Å². The molecule has 0 spiro atoms. The summed E-state index contributed by atoms with van der Waals surface area (Å²) >= 11 is 0. The zero-order valence-electron chi connectivity index (χ0n) is 17.8. The number of nitrogens with zero attached hydrogens (tertiary/aromatic N) is 1. The van der Waals surface area contributed by atoms with Gasteiger partial charge in [-0.3, -0.25) is 14.5 Å². The Hall–Kier alpha value is -3.12. The first kappa shape index (κ1) is 23.2. The van der Waals surface area contributed by atoms with Crippen LogP contribution >= 0.6 is 0 Å². The maximum atomic E-state index is 11.8. The molecular formula is C24H29NO5. The van der Waals surface area contributed by atoms with Gasteiger partial charge in [-0.2, -0.15) is 0 Å². The number of methoxy groups -OCH3 is 1. The molecule has 0 atom stereocenters. The minimum Gasteiger partial charge on any atom is -0.493 e. The lowest BCUT2D eigenvalue weighted by Gasteiger charge is -2.20. The van der Waals surface area contributed by atoms with E-state index >= 15 is 0 Å². The van der Waals surface area contributed by atoms with Crippen molar-refractivity contribution in [3.8, 4) is 11.5 Å². The molecule has 0 fully saturated rings. The van der Waals surface area contributed by atoms with Crippen molar-refractivity contribution >= 4 is 18.0 Å². The Morgan fingerprint density at radius 1 is 1.07 bits per heavy atom. The fourth-order valence-electron chi connectivity index (χ4n) is 2.92. The Labute approximate surface area is 178 Å². The second-order valence-corrected chi connectivity index (χ2v) is 6.68. The van der Waals surface area contributed by atoms with Crippen molar-refractivity contribution in [2.24, 2.45) is 0 Å². The molecule has 0 heterocycles. The third-order valence-corrected chi connectivity index (χ3v) is 4.30. The molecule has 30 heavy (non-hydrogen) atoms. The van der Waals surface area contributed by atoms with Crippen LogP contribution in [0.3, 0.4) is 0 Å².